The van der Waals surface area contributed by atoms with Gasteiger partial charge in [0.1, 0.15) is 0 Å². The van der Waals surface area contributed by atoms with Crippen molar-refractivity contribution in [2.45, 2.75) is 45.6 Å². The van der Waals surface area contributed by atoms with Crippen LogP contribution in [0.3, 0.4) is 0 Å². The Bertz CT molecular complexity index is 626. The summed E-state index contributed by atoms with van der Waals surface area (Å²) in [5.41, 5.74) is 2.36. The van der Waals surface area contributed by atoms with Crippen LogP contribution < -0.4 is 0 Å². The van der Waals surface area contributed by atoms with E-state index in [1.54, 1.807) is 0 Å². The van der Waals surface area contributed by atoms with Gasteiger partial charge in [0.05, 0.1) is 11.6 Å². The molecule has 3 heteroatoms. The molecule has 1 aliphatic carbocycles. The predicted molar refractivity (Wildman–Crippen MR) is 82.2 cm³/mol. The molecule has 1 fully saturated rings. The van der Waals surface area contributed by atoms with Crippen molar-refractivity contribution < 1.29 is 4.79 Å². The van der Waals surface area contributed by atoms with Crippen molar-refractivity contribution >= 4 is 5.78 Å². The molecule has 0 bridgehead atoms. The van der Waals surface area contributed by atoms with E-state index in [0.717, 1.165) is 43.5 Å². The molecule has 3 nitrogen and oxygen atoms in total. The molecule has 1 aromatic rings. The minimum Gasteiger partial charge on any atom is -0.298 e. The van der Waals surface area contributed by atoms with Crippen LogP contribution in [0, 0.1) is 16.7 Å². The lowest BCUT2D eigenvalue weighted by Gasteiger charge is -2.44. The van der Waals surface area contributed by atoms with Gasteiger partial charge in [-0.15, -0.1) is 0 Å². The normalized spacial score (nSPS) is 21.3. The van der Waals surface area contributed by atoms with E-state index in [9.17, 15) is 10.1 Å². The second kappa shape index (κ2) is 4.68. The zero-order valence-electron chi connectivity index (χ0n) is 13.1. The van der Waals surface area contributed by atoms with Gasteiger partial charge in [-0.05, 0) is 64.8 Å². The summed E-state index contributed by atoms with van der Waals surface area (Å²) in [6, 6.07) is 7.79. The number of ketones is 1. The second-order valence-corrected chi connectivity index (χ2v) is 7.39. The highest BCUT2D eigenvalue weighted by atomic mass is 16.1. The molecule has 21 heavy (non-hydrogen) atoms. The number of likely N-dealkylation sites (tertiary alicyclic amines) is 1. The van der Waals surface area contributed by atoms with Crippen LogP contribution in [-0.2, 0) is 6.42 Å². The van der Waals surface area contributed by atoms with Crippen molar-refractivity contribution in [2.75, 3.05) is 13.1 Å². The molecule has 0 atom stereocenters. The van der Waals surface area contributed by atoms with Crippen LogP contribution in [0.4, 0.5) is 0 Å². The fourth-order valence-corrected chi connectivity index (χ4v) is 3.81. The summed E-state index contributed by atoms with van der Waals surface area (Å²) in [6.45, 7) is 8.61. The molecular weight excluding hydrogens is 260 g/mol. The number of nitriles is 1. The zero-order valence-corrected chi connectivity index (χ0v) is 13.1. The standard InChI is InChI=1S/C18H22N2O/c1-17(2,3)20-9-7-18(8-10-20)11-15-13(12-19)5-4-6-14(15)16(18)21/h4-6H,7-11H2,1-3H3. The molecule has 1 saturated heterocycles. The van der Waals surface area contributed by atoms with Gasteiger partial charge in [-0.25, -0.2) is 0 Å². The first-order valence-corrected chi connectivity index (χ1v) is 7.69. The fraction of sp³-hybridized carbons (Fsp3) is 0.556. The molecule has 3 rings (SSSR count). The van der Waals surface area contributed by atoms with Crippen molar-refractivity contribution in [1.29, 1.82) is 5.26 Å². The summed E-state index contributed by atoms with van der Waals surface area (Å²) in [6.07, 6.45) is 2.56. The van der Waals surface area contributed by atoms with Gasteiger partial charge in [0, 0.05) is 16.5 Å². The molecule has 0 N–H and O–H groups in total. The number of nitrogens with zero attached hydrogens (tertiary/aromatic N) is 2. The number of piperidine rings is 1. The maximum atomic E-state index is 12.9. The second-order valence-electron chi connectivity index (χ2n) is 7.39. The van der Waals surface area contributed by atoms with E-state index >= 15 is 0 Å². The van der Waals surface area contributed by atoms with Gasteiger partial charge in [-0.3, -0.25) is 9.69 Å². The Morgan fingerprint density at radius 1 is 1.24 bits per heavy atom. The molecule has 0 amide bonds. The van der Waals surface area contributed by atoms with E-state index < -0.39 is 0 Å². The van der Waals surface area contributed by atoms with E-state index in [1.165, 1.54) is 0 Å². The lowest BCUT2D eigenvalue weighted by atomic mass is 9.74. The van der Waals surface area contributed by atoms with Crippen LogP contribution in [0.25, 0.3) is 0 Å². The Balaban J connectivity index is 1.88. The SMILES string of the molecule is CC(C)(C)N1CCC2(CC1)Cc1c(C#N)cccc1C2=O. The Morgan fingerprint density at radius 2 is 1.90 bits per heavy atom. The Morgan fingerprint density at radius 3 is 2.48 bits per heavy atom. The third kappa shape index (κ3) is 2.18. The molecule has 1 aromatic carbocycles. The van der Waals surface area contributed by atoms with Gasteiger partial charge in [-0.2, -0.15) is 5.26 Å². The molecule has 1 heterocycles. The minimum absolute atomic E-state index is 0.161. The summed E-state index contributed by atoms with van der Waals surface area (Å²) in [7, 11) is 0. The van der Waals surface area contributed by atoms with E-state index in [0.29, 0.717) is 5.56 Å². The first-order chi connectivity index (χ1) is 9.87. The molecule has 1 spiro atoms. The van der Waals surface area contributed by atoms with Gasteiger partial charge in [0.15, 0.2) is 5.78 Å². The highest BCUT2D eigenvalue weighted by molar-refractivity contribution is 6.05. The molecular formula is C18H22N2O. The van der Waals surface area contributed by atoms with E-state index in [2.05, 4.69) is 31.7 Å². The zero-order chi connectivity index (χ0) is 15.3. The Kier molecular flexibility index (Phi) is 3.18. The van der Waals surface area contributed by atoms with Crippen LogP contribution in [0.15, 0.2) is 18.2 Å². The molecule has 0 aromatic heterocycles. The van der Waals surface area contributed by atoms with Crippen LogP contribution in [0.2, 0.25) is 0 Å². The first kappa shape index (κ1) is 14.3. The third-order valence-corrected chi connectivity index (χ3v) is 5.21. The summed E-state index contributed by atoms with van der Waals surface area (Å²) in [5.74, 6) is 0.267. The molecule has 0 unspecified atom stereocenters. The molecule has 0 saturated carbocycles. The van der Waals surface area contributed by atoms with Crippen molar-refractivity contribution in [3.05, 3.63) is 34.9 Å². The highest BCUT2D eigenvalue weighted by Gasteiger charge is 2.48. The lowest BCUT2D eigenvalue weighted by molar-refractivity contribution is 0.0394. The summed E-state index contributed by atoms with van der Waals surface area (Å²) in [4.78, 5) is 15.3. The van der Waals surface area contributed by atoms with Crippen molar-refractivity contribution in [2.24, 2.45) is 5.41 Å². The maximum absolute atomic E-state index is 12.9. The van der Waals surface area contributed by atoms with Crippen molar-refractivity contribution in [1.82, 2.24) is 4.90 Å². The third-order valence-electron chi connectivity index (χ3n) is 5.21. The monoisotopic (exact) mass is 282 g/mol. The predicted octanol–water partition coefficient (Wildman–Crippen LogP) is 3.18. The number of hydrogen-bond acceptors (Lipinski definition) is 3. The lowest BCUT2D eigenvalue weighted by Crippen LogP contribution is -2.50. The van der Waals surface area contributed by atoms with Crippen molar-refractivity contribution in [3.8, 4) is 6.07 Å². The van der Waals surface area contributed by atoms with Gasteiger partial charge in [-0.1, -0.05) is 12.1 Å². The highest BCUT2D eigenvalue weighted by Crippen LogP contribution is 2.46. The van der Waals surface area contributed by atoms with Gasteiger partial charge in [0.2, 0.25) is 0 Å². The van der Waals surface area contributed by atoms with Crippen LogP contribution in [0.1, 0.15) is 55.1 Å². The first-order valence-electron chi connectivity index (χ1n) is 7.69. The van der Waals surface area contributed by atoms with Crippen LogP contribution in [0.5, 0.6) is 0 Å². The number of carbonyl (C=O) groups excluding carboxylic acids is 1. The summed E-state index contributed by atoms with van der Waals surface area (Å²) >= 11 is 0. The summed E-state index contributed by atoms with van der Waals surface area (Å²) in [5, 5.41) is 9.25. The van der Waals surface area contributed by atoms with Crippen molar-refractivity contribution in [3.63, 3.8) is 0 Å². The van der Waals surface area contributed by atoms with E-state index in [1.807, 2.05) is 18.2 Å². The Hall–Kier alpha value is -1.66. The maximum Gasteiger partial charge on any atom is 0.169 e. The number of carbonyl (C=O) groups is 1. The van der Waals surface area contributed by atoms with Gasteiger partial charge in [0.25, 0.3) is 0 Å². The van der Waals surface area contributed by atoms with Gasteiger partial charge < -0.3 is 0 Å². The average molecular weight is 282 g/mol. The fourth-order valence-electron chi connectivity index (χ4n) is 3.81. The smallest absolute Gasteiger partial charge is 0.169 e. The number of Topliss-reactive ketones (excluding diaryl/α,β-unsaturated/α-hetero) is 1. The molecule has 110 valence electrons. The molecule has 2 aliphatic rings. The van der Waals surface area contributed by atoms with Crippen LogP contribution >= 0.6 is 0 Å². The Labute approximate surface area is 126 Å². The number of hydrogen-bond donors (Lipinski definition) is 0. The topological polar surface area (TPSA) is 44.1 Å². The number of benzene rings is 1. The summed E-state index contributed by atoms with van der Waals surface area (Å²) < 4.78 is 0. The molecule has 1 aliphatic heterocycles. The molecule has 0 radical (unpaired) electrons. The quantitative estimate of drug-likeness (QED) is 0.734. The average Bonchev–Trinajstić information content (AvgIpc) is 2.72. The largest absolute Gasteiger partial charge is 0.298 e. The van der Waals surface area contributed by atoms with E-state index in [4.69, 9.17) is 0 Å². The number of rotatable bonds is 0. The van der Waals surface area contributed by atoms with Gasteiger partial charge >= 0.3 is 0 Å². The van der Waals surface area contributed by atoms with Crippen LogP contribution in [-0.4, -0.2) is 29.3 Å². The number of fused-ring (bicyclic) bond motifs is 1. The minimum atomic E-state index is -0.253. The van der Waals surface area contributed by atoms with E-state index in [-0.39, 0.29) is 16.7 Å².